The summed E-state index contributed by atoms with van der Waals surface area (Å²) >= 11 is 0. The number of rotatable bonds is 7. The number of nitrogens with two attached hydrogens (primary N) is 1. The van der Waals surface area contributed by atoms with Crippen LogP contribution in [0, 0.1) is 0 Å². The normalized spacial score (nSPS) is 20.7. The Balaban J connectivity index is 1.62. The van der Waals surface area contributed by atoms with E-state index < -0.39 is 54.2 Å². The minimum Gasteiger partial charge on any atom is -0.508 e. The molecule has 1 saturated heterocycles. The van der Waals surface area contributed by atoms with Crippen LogP contribution >= 0.6 is 0 Å². The predicted molar refractivity (Wildman–Crippen MR) is 141 cm³/mol. The number of aromatic amines is 1. The Labute approximate surface area is 223 Å². The number of nitrogens with one attached hydrogen (secondary N) is 5. The number of H-pyrrole nitrogens is 1. The number of para-hydroxylation sites is 1. The molecular weight excluding hydrogens is 504 g/mol. The van der Waals surface area contributed by atoms with Crippen molar-refractivity contribution >= 4 is 40.4 Å². The summed E-state index contributed by atoms with van der Waals surface area (Å²) in [5.74, 6) is -3.13. The van der Waals surface area contributed by atoms with Gasteiger partial charge in [0.25, 0.3) is 0 Å². The third kappa shape index (κ3) is 7.12. The third-order valence-electron chi connectivity index (χ3n) is 6.50. The molecule has 1 aromatic heterocycles. The second-order valence-corrected chi connectivity index (χ2v) is 9.40. The van der Waals surface area contributed by atoms with Crippen molar-refractivity contribution in [1.29, 1.82) is 0 Å². The van der Waals surface area contributed by atoms with Gasteiger partial charge in [-0.2, -0.15) is 0 Å². The molecule has 0 bridgehead atoms. The number of fused-ring (bicyclic) bond motifs is 1. The summed E-state index contributed by atoms with van der Waals surface area (Å²) in [7, 11) is 0. The van der Waals surface area contributed by atoms with Crippen LogP contribution in [0.25, 0.3) is 10.9 Å². The number of aromatic nitrogens is 1. The number of amides is 5. The van der Waals surface area contributed by atoms with E-state index in [1.165, 1.54) is 12.1 Å². The second-order valence-electron chi connectivity index (χ2n) is 9.40. The molecule has 3 atom stereocenters. The Hall–Kier alpha value is -4.87. The Kier molecular flexibility index (Phi) is 8.44. The van der Waals surface area contributed by atoms with Crippen LogP contribution in [0.3, 0.4) is 0 Å². The number of phenols is 1. The zero-order chi connectivity index (χ0) is 27.9. The Morgan fingerprint density at radius 1 is 0.846 bits per heavy atom. The smallest absolute Gasteiger partial charge is 0.243 e. The van der Waals surface area contributed by atoms with Crippen LogP contribution in [0.1, 0.15) is 24.0 Å². The summed E-state index contributed by atoms with van der Waals surface area (Å²) in [5.41, 5.74) is 7.51. The van der Waals surface area contributed by atoms with Gasteiger partial charge in [-0.15, -0.1) is 0 Å². The van der Waals surface area contributed by atoms with E-state index in [1.54, 1.807) is 18.3 Å². The molecule has 2 heterocycles. The Morgan fingerprint density at radius 2 is 1.51 bits per heavy atom. The molecule has 5 amide bonds. The fourth-order valence-electron chi connectivity index (χ4n) is 4.44. The number of primary amides is 1. The maximum atomic E-state index is 13.5. The largest absolute Gasteiger partial charge is 0.508 e. The monoisotopic (exact) mass is 534 g/mol. The van der Waals surface area contributed by atoms with Gasteiger partial charge >= 0.3 is 0 Å². The maximum Gasteiger partial charge on any atom is 0.243 e. The van der Waals surface area contributed by atoms with Gasteiger partial charge in [0, 0.05) is 36.4 Å². The quantitative estimate of drug-likeness (QED) is 0.213. The molecule has 4 rings (SSSR count). The van der Waals surface area contributed by atoms with E-state index >= 15 is 0 Å². The van der Waals surface area contributed by atoms with Gasteiger partial charge in [0.15, 0.2) is 0 Å². The molecule has 1 aliphatic rings. The zero-order valence-electron chi connectivity index (χ0n) is 21.0. The molecule has 1 aliphatic heterocycles. The van der Waals surface area contributed by atoms with Crippen molar-refractivity contribution in [2.24, 2.45) is 5.73 Å². The molecule has 39 heavy (non-hydrogen) atoms. The highest BCUT2D eigenvalue weighted by molar-refractivity contribution is 5.97. The topological polar surface area (TPSA) is 196 Å². The SMILES string of the molecule is NC(=O)CC[C@@H]1NC(=O)CNC(=O)[C@H](Cc2c[nH]c3ccccc23)NC(=O)[C@H](Cc2ccc(O)cc2)NC1=O. The summed E-state index contributed by atoms with van der Waals surface area (Å²) < 4.78 is 0. The van der Waals surface area contributed by atoms with Gasteiger partial charge in [-0.3, -0.25) is 24.0 Å². The molecular formula is C27H30N6O6. The van der Waals surface area contributed by atoms with Crippen LogP contribution in [0.15, 0.2) is 54.7 Å². The molecule has 12 nitrogen and oxygen atoms in total. The minimum atomic E-state index is -1.15. The number of benzene rings is 2. The van der Waals surface area contributed by atoms with Crippen molar-refractivity contribution < 1.29 is 29.1 Å². The van der Waals surface area contributed by atoms with Crippen LogP contribution in [-0.4, -0.2) is 64.3 Å². The first kappa shape index (κ1) is 27.2. The third-order valence-corrected chi connectivity index (χ3v) is 6.50. The van der Waals surface area contributed by atoms with E-state index in [0.717, 1.165) is 16.5 Å². The van der Waals surface area contributed by atoms with Crippen LogP contribution in [0.4, 0.5) is 0 Å². The first-order valence-corrected chi connectivity index (χ1v) is 12.5. The van der Waals surface area contributed by atoms with E-state index in [4.69, 9.17) is 5.73 Å². The molecule has 8 N–H and O–H groups in total. The van der Waals surface area contributed by atoms with Crippen molar-refractivity contribution in [1.82, 2.24) is 26.3 Å². The minimum absolute atomic E-state index is 0.0375. The molecule has 0 unspecified atom stereocenters. The molecule has 0 saturated carbocycles. The summed E-state index contributed by atoms with van der Waals surface area (Å²) in [6, 6.07) is 10.3. The number of hydrogen-bond acceptors (Lipinski definition) is 6. The predicted octanol–water partition coefficient (Wildman–Crippen LogP) is -0.492. The lowest BCUT2D eigenvalue weighted by molar-refractivity contribution is -0.135. The first-order chi connectivity index (χ1) is 18.7. The molecule has 2 aromatic carbocycles. The molecule has 0 radical (unpaired) electrons. The molecule has 1 fully saturated rings. The van der Waals surface area contributed by atoms with Crippen LogP contribution < -0.4 is 27.0 Å². The van der Waals surface area contributed by atoms with Gasteiger partial charge in [-0.05, 0) is 35.7 Å². The van der Waals surface area contributed by atoms with Gasteiger partial charge in [-0.1, -0.05) is 30.3 Å². The van der Waals surface area contributed by atoms with Gasteiger partial charge in [0.2, 0.25) is 29.5 Å². The molecule has 3 aromatic rings. The molecule has 204 valence electrons. The number of carbonyl (C=O) groups excluding carboxylic acids is 5. The summed E-state index contributed by atoms with van der Waals surface area (Å²) in [4.78, 5) is 66.8. The highest BCUT2D eigenvalue weighted by atomic mass is 16.3. The summed E-state index contributed by atoms with van der Waals surface area (Å²) in [6.07, 6.45) is 1.66. The van der Waals surface area contributed by atoms with Crippen LogP contribution in [0.2, 0.25) is 0 Å². The van der Waals surface area contributed by atoms with Crippen molar-refractivity contribution in [2.75, 3.05) is 6.54 Å². The van der Waals surface area contributed by atoms with Crippen molar-refractivity contribution in [3.8, 4) is 5.75 Å². The Morgan fingerprint density at radius 3 is 2.23 bits per heavy atom. The van der Waals surface area contributed by atoms with E-state index in [-0.39, 0.29) is 31.4 Å². The zero-order valence-corrected chi connectivity index (χ0v) is 21.0. The molecule has 0 aliphatic carbocycles. The first-order valence-electron chi connectivity index (χ1n) is 12.5. The average Bonchev–Trinajstić information content (AvgIpc) is 3.32. The lowest BCUT2D eigenvalue weighted by Crippen LogP contribution is -2.60. The summed E-state index contributed by atoms with van der Waals surface area (Å²) in [5, 5.41) is 20.9. The van der Waals surface area contributed by atoms with Gasteiger partial charge in [0.05, 0.1) is 6.54 Å². The number of hydrogen-bond donors (Lipinski definition) is 7. The molecule has 12 heteroatoms. The number of carbonyl (C=O) groups is 5. The van der Waals surface area contributed by atoms with E-state index in [0.29, 0.717) is 5.56 Å². The second kappa shape index (κ2) is 12.1. The standard InChI is InChI=1S/C27H30N6O6/c28-23(35)10-9-20-26(38)32-21(11-15-5-7-17(34)8-6-15)27(39)33-22(25(37)30-14-24(36)31-20)12-16-13-29-19-4-2-1-3-18(16)19/h1-8,13,20-22,29,34H,9-12,14H2,(H2,28,35)(H,30,37)(H,31,36)(H,32,38)(H,33,39)/t20-,21-,22-/m0/s1. The summed E-state index contributed by atoms with van der Waals surface area (Å²) in [6.45, 7) is -0.434. The van der Waals surface area contributed by atoms with Crippen LogP contribution in [-0.2, 0) is 36.8 Å². The lowest BCUT2D eigenvalue weighted by Gasteiger charge is -2.27. The number of phenolic OH excluding ortho intramolecular Hbond substituents is 1. The van der Waals surface area contributed by atoms with Crippen LogP contribution in [0.5, 0.6) is 5.75 Å². The van der Waals surface area contributed by atoms with E-state index in [1.807, 2.05) is 24.3 Å². The fourth-order valence-corrected chi connectivity index (χ4v) is 4.44. The van der Waals surface area contributed by atoms with Crippen molar-refractivity contribution in [3.05, 3.63) is 65.9 Å². The lowest BCUT2D eigenvalue weighted by atomic mass is 10.0. The highest BCUT2D eigenvalue weighted by Gasteiger charge is 2.32. The van der Waals surface area contributed by atoms with Crippen molar-refractivity contribution in [3.63, 3.8) is 0 Å². The number of aromatic hydroxyl groups is 1. The van der Waals surface area contributed by atoms with Gasteiger partial charge in [0.1, 0.15) is 23.9 Å². The highest BCUT2D eigenvalue weighted by Crippen LogP contribution is 2.19. The van der Waals surface area contributed by atoms with Gasteiger partial charge in [-0.25, -0.2) is 0 Å². The van der Waals surface area contributed by atoms with Gasteiger partial charge < -0.3 is 37.1 Å². The maximum absolute atomic E-state index is 13.5. The van der Waals surface area contributed by atoms with E-state index in [9.17, 15) is 29.1 Å². The average molecular weight is 535 g/mol. The molecule has 0 spiro atoms. The Bertz CT molecular complexity index is 1380. The fraction of sp³-hybridized carbons (Fsp3) is 0.296. The van der Waals surface area contributed by atoms with E-state index in [2.05, 4.69) is 26.3 Å². The van der Waals surface area contributed by atoms with Crippen molar-refractivity contribution in [2.45, 2.75) is 43.8 Å².